The normalized spacial score (nSPS) is 13.0. The van der Waals surface area contributed by atoms with Crippen LogP contribution in [0.1, 0.15) is 0 Å². The molecule has 4 aromatic rings. The highest BCUT2D eigenvalue weighted by molar-refractivity contribution is 5.93. The minimum Gasteiger partial charge on any atom is -0.383 e. The second-order valence-electron chi connectivity index (χ2n) is 6.45. The number of anilines is 2. The molecule has 0 bridgehead atoms. The Hall–Kier alpha value is -3.62. The third-order valence-electron chi connectivity index (χ3n) is 4.77. The topological polar surface area (TPSA) is 81.7 Å². The second-order valence-corrected chi connectivity index (χ2v) is 6.45. The van der Waals surface area contributed by atoms with Gasteiger partial charge in [-0.1, -0.05) is 6.07 Å². The molecule has 0 radical (unpaired) electrons. The SMILES string of the molecule is Nc1ncnc2ccc(-c3c(-c4cc(F)cc(F)c4F)nc4n3CCN4)cc12. The number of imidazole rings is 1. The van der Waals surface area contributed by atoms with Crippen molar-refractivity contribution in [1.29, 1.82) is 0 Å². The zero-order chi connectivity index (χ0) is 19.4. The highest BCUT2D eigenvalue weighted by atomic mass is 19.2. The van der Waals surface area contributed by atoms with Crippen LogP contribution in [0.5, 0.6) is 0 Å². The summed E-state index contributed by atoms with van der Waals surface area (Å²) in [6.07, 6.45) is 1.37. The molecule has 0 amide bonds. The Kier molecular flexibility index (Phi) is 3.51. The minimum atomic E-state index is -1.27. The van der Waals surface area contributed by atoms with E-state index >= 15 is 0 Å². The maximum atomic E-state index is 14.5. The third kappa shape index (κ3) is 2.39. The van der Waals surface area contributed by atoms with Gasteiger partial charge in [-0.3, -0.25) is 0 Å². The van der Waals surface area contributed by atoms with Gasteiger partial charge in [-0.15, -0.1) is 0 Å². The lowest BCUT2D eigenvalue weighted by Gasteiger charge is -2.10. The van der Waals surface area contributed by atoms with Crippen LogP contribution in [0, 0.1) is 17.5 Å². The van der Waals surface area contributed by atoms with Gasteiger partial charge < -0.3 is 15.6 Å². The zero-order valence-electron chi connectivity index (χ0n) is 14.4. The molecule has 1 aliphatic heterocycles. The van der Waals surface area contributed by atoms with Gasteiger partial charge in [-0.25, -0.2) is 28.1 Å². The van der Waals surface area contributed by atoms with E-state index in [4.69, 9.17) is 5.73 Å². The van der Waals surface area contributed by atoms with Crippen LogP contribution in [0.15, 0.2) is 36.7 Å². The van der Waals surface area contributed by atoms with E-state index in [1.165, 1.54) is 6.33 Å². The summed E-state index contributed by atoms with van der Waals surface area (Å²) in [4.78, 5) is 12.6. The smallest absolute Gasteiger partial charge is 0.204 e. The first kappa shape index (κ1) is 16.5. The fraction of sp³-hybridized carbons (Fsp3) is 0.105. The van der Waals surface area contributed by atoms with Crippen LogP contribution in [0.4, 0.5) is 24.9 Å². The number of hydrogen-bond acceptors (Lipinski definition) is 5. The summed E-state index contributed by atoms with van der Waals surface area (Å²) in [6, 6.07) is 6.77. The molecule has 6 nitrogen and oxygen atoms in total. The maximum Gasteiger partial charge on any atom is 0.204 e. The van der Waals surface area contributed by atoms with Gasteiger partial charge in [0.2, 0.25) is 5.95 Å². The van der Waals surface area contributed by atoms with E-state index in [-0.39, 0.29) is 11.3 Å². The van der Waals surface area contributed by atoms with Gasteiger partial charge in [-0.05, 0) is 18.2 Å². The lowest BCUT2D eigenvalue weighted by Crippen LogP contribution is -2.01. The fourth-order valence-corrected chi connectivity index (χ4v) is 3.52. The lowest BCUT2D eigenvalue weighted by molar-refractivity contribution is 0.497. The number of fused-ring (bicyclic) bond motifs is 2. The van der Waals surface area contributed by atoms with E-state index in [2.05, 4.69) is 20.3 Å². The predicted molar refractivity (Wildman–Crippen MR) is 99.0 cm³/mol. The van der Waals surface area contributed by atoms with Crippen molar-refractivity contribution in [2.75, 3.05) is 17.6 Å². The molecular formula is C19H13F3N6. The monoisotopic (exact) mass is 382 g/mol. The molecule has 0 spiro atoms. The number of nitrogens with zero attached hydrogens (tertiary/aromatic N) is 4. The molecule has 9 heteroatoms. The Morgan fingerprint density at radius 3 is 2.79 bits per heavy atom. The molecule has 5 rings (SSSR count). The van der Waals surface area contributed by atoms with Crippen LogP contribution in [0.2, 0.25) is 0 Å². The number of hydrogen-bond donors (Lipinski definition) is 2. The number of aromatic nitrogens is 4. The van der Waals surface area contributed by atoms with E-state index in [1.54, 1.807) is 18.2 Å². The highest BCUT2D eigenvalue weighted by Crippen LogP contribution is 2.39. The van der Waals surface area contributed by atoms with E-state index in [0.29, 0.717) is 53.1 Å². The predicted octanol–water partition coefficient (Wildman–Crippen LogP) is 3.59. The molecule has 28 heavy (non-hydrogen) atoms. The van der Waals surface area contributed by atoms with Crippen LogP contribution in [0.3, 0.4) is 0 Å². The van der Waals surface area contributed by atoms with Crippen LogP contribution >= 0.6 is 0 Å². The molecule has 2 aromatic carbocycles. The van der Waals surface area contributed by atoms with Crippen molar-refractivity contribution in [3.05, 3.63) is 54.1 Å². The summed E-state index contributed by atoms with van der Waals surface area (Å²) in [5.74, 6) is -2.49. The number of nitrogen functional groups attached to an aromatic ring is 1. The van der Waals surface area contributed by atoms with Gasteiger partial charge in [0.05, 0.1) is 11.2 Å². The van der Waals surface area contributed by atoms with Crippen molar-refractivity contribution in [2.45, 2.75) is 6.54 Å². The van der Waals surface area contributed by atoms with Gasteiger partial charge in [-0.2, -0.15) is 0 Å². The van der Waals surface area contributed by atoms with Gasteiger partial charge in [0.15, 0.2) is 11.6 Å². The summed E-state index contributed by atoms with van der Waals surface area (Å²) in [6.45, 7) is 1.23. The van der Waals surface area contributed by atoms with Gasteiger partial charge in [0.1, 0.15) is 23.7 Å². The average molecular weight is 382 g/mol. The average Bonchev–Trinajstić information content (AvgIpc) is 3.26. The minimum absolute atomic E-state index is 0.146. The molecule has 0 saturated heterocycles. The number of benzene rings is 2. The second kappa shape index (κ2) is 5.95. The van der Waals surface area contributed by atoms with Crippen LogP contribution in [-0.2, 0) is 6.54 Å². The quantitative estimate of drug-likeness (QED) is 0.518. The fourth-order valence-electron chi connectivity index (χ4n) is 3.52. The van der Waals surface area contributed by atoms with E-state index < -0.39 is 17.5 Å². The van der Waals surface area contributed by atoms with E-state index in [1.807, 2.05) is 4.57 Å². The van der Waals surface area contributed by atoms with Crippen molar-refractivity contribution in [3.63, 3.8) is 0 Å². The number of rotatable bonds is 2. The molecule has 0 saturated carbocycles. The van der Waals surface area contributed by atoms with Gasteiger partial charge in [0.25, 0.3) is 0 Å². The molecule has 0 aliphatic carbocycles. The number of nitrogens with one attached hydrogen (secondary N) is 1. The molecule has 140 valence electrons. The first-order valence-electron chi connectivity index (χ1n) is 8.53. The van der Waals surface area contributed by atoms with Gasteiger partial charge in [0, 0.05) is 35.7 Å². The maximum absolute atomic E-state index is 14.5. The van der Waals surface area contributed by atoms with Crippen LogP contribution in [-0.4, -0.2) is 26.1 Å². The molecule has 3 N–H and O–H groups in total. The third-order valence-corrected chi connectivity index (χ3v) is 4.77. The van der Waals surface area contributed by atoms with Crippen molar-refractivity contribution < 1.29 is 13.2 Å². The molecular weight excluding hydrogens is 369 g/mol. The first-order valence-corrected chi connectivity index (χ1v) is 8.53. The summed E-state index contributed by atoms with van der Waals surface area (Å²) in [7, 11) is 0. The molecule has 1 aliphatic rings. The molecule has 2 aromatic heterocycles. The van der Waals surface area contributed by atoms with Gasteiger partial charge >= 0.3 is 0 Å². The standard InChI is InChI=1S/C19H13F3N6/c20-10-6-12(15(22)13(21)7-10)16-17(28-4-3-24-19(28)27-16)9-1-2-14-11(5-9)18(23)26-8-25-14/h1-2,5-8H,3-4H2,(H,24,27)(H2,23,25,26). The Labute approximate surface area is 156 Å². The largest absolute Gasteiger partial charge is 0.383 e. The van der Waals surface area contributed by atoms with Crippen molar-refractivity contribution >= 4 is 22.7 Å². The van der Waals surface area contributed by atoms with E-state index in [9.17, 15) is 13.2 Å². The summed E-state index contributed by atoms with van der Waals surface area (Å²) in [5.41, 5.74) is 7.71. The molecule has 0 atom stereocenters. The van der Waals surface area contributed by atoms with Crippen LogP contribution < -0.4 is 11.1 Å². The first-order chi connectivity index (χ1) is 13.5. The molecule has 0 fully saturated rings. The molecule has 3 heterocycles. The Balaban J connectivity index is 1.81. The Morgan fingerprint density at radius 2 is 1.93 bits per heavy atom. The molecule has 0 unspecified atom stereocenters. The Morgan fingerprint density at radius 1 is 1.07 bits per heavy atom. The highest BCUT2D eigenvalue weighted by Gasteiger charge is 2.26. The summed E-state index contributed by atoms with van der Waals surface area (Å²) >= 11 is 0. The summed E-state index contributed by atoms with van der Waals surface area (Å²) in [5, 5.41) is 3.71. The van der Waals surface area contributed by atoms with E-state index in [0.717, 1.165) is 6.07 Å². The zero-order valence-corrected chi connectivity index (χ0v) is 14.4. The Bertz CT molecular complexity index is 1250. The number of halogens is 3. The van der Waals surface area contributed by atoms with Crippen LogP contribution in [0.25, 0.3) is 33.4 Å². The van der Waals surface area contributed by atoms with Crippen molar-refractivity contribution in [2.24, 2.45) is 0 Å². The van der Waals surface area contributed by atoms with Crippen molar-refractivity contribution in [3.8, 4) is 22.5 Å². The summed E-state index contributed by atoms with van der Waals surface area (Å²) < 4.78 is 44.0. The number of nitrogens with two attached hydrogens (primary N) is 1. The lowest BCUT2D eigenvalue weighted by atomic mass is 10.0. The van der Waals surface area contributed by atoms with Crippen molar-refractivity contribution in [1.82, 2.24) is 19.5 Å².